The van der Waals surface area contributed by atoms with Crippen LogP contribution in [0.25, 0.3) is 11.0 Å². The molecule has 3 N–H and O–H groups in total. The highest BCUT2D eigenvalue weighted by molar-refractivity contribution is 7.99. The highest BCUT2D eigenvalue weighted by Gasteiger charge is 2.24. The molecule has 4 nitrogen and oxygen atoms in total. The topological polar surface area (TPSA) is 60.7 Å². The van der Waals surface area contributed by atoms with E-state index in [1.165, 1.54) is 12.1 Å². The molecule has 1 aliphatic heterocycles. The fourth-order valence-corrected chi connectivity index (χ4v) is 4.54. The standard InChI is InChI=1S/C17H13ClFN3OS2/c18-8-1-2-14-10(5-8)12(3-4-25-14)20-16(23)11-6-9(19)7-13-15(11)22-17(24)21-13/h1-2,5-7,12H,3-4H2,(H,20,23)(H2,21,22,24). The second kappa shape index (κ2) is 6.48. The number of aromatic nitrogens is 2. The van der Waals surface area contributed by atoms with Crippen molar-refractivity contribution < 1.29 is 9.18 Å². The van der Waals surface area contributed by atoms with Crippen molar-refractivity contribution in [2.75, 3.05) is 5.75 Å². The Kier molecular flexibility index (Phi) is 4.31. The number of fused-ring (bicyclic) bond motifs is 2. The van der Waals surface area contributed by atoms with E-state index in [1.807, 2.05) is 18.2 Å². The van der Waals surface area contributed by atoms with Crippen LogP contribution in [0.15, 0.2) is 35.2 Å². The summed E-state index contributed by atoms with van der Waals surface area (Å²) in [5.41, 5.74) is 2.19. The number of imidazole rings is 1. The van der Waals surface area contributed by atoms with Crippen LogP contribution >= 0.6 is 35.6 Å². The number of benzene rings is 2. The van der Waals surface area contributed by atoms with Crippen molar-refractivity contribution in [1.82, 2.24) is 15.3 Å². The Morgan fingerprint density at radius 2 is 2.16 bits per heavy atom. The zero-order chi connectivity index (χ0) is 17.6. The van der Waals surface area contributed by atoms with Gasteiger partial charge in [-0.3, -0.25) is 4.79 Å². The van der Waals surface area contributed by atoms with E-state index in [0.29, 0.717) is 20.8 Å². The van der Waals surface area contributed by atoms with Gasteiger partial charge in [-0.2, -0.15) is 0 Å². The normalized spacial score (nSPS) is 16.6. The van der Waals surface area contributed by atoms with Crippen LogP contribution < -0.4 is 5.32 Å². The van der Waals surface area contributed by atoms with Gasteiger partial charge in [0.2, 0.25) is 0 Å². The molecule has 2 heterocycles. The van der Waals surface area contributed by atoms with E-state index in [0.717, 1.165) is 22.6 Å². The van der Waals surface area contributed by atoms with Crippen molar-refractivity contribution in [2.24, 2.45) is 0 Å². The minimum atomic E-state index is -0.495. The van der Waals surface area contributed by atoms with Crippen LogP contribution in [-0.2, 0) is 0 Å². The highest BCUT2D eigenvalue weighted by Crippen LogP contribution is 2.37. The van der Waals surface area contributed by atoms with Gasteiger partial charge in [-0.1, -0.05) is 11.6 Å². The number of aromatic amines is 2. The van der Waals surface area contributed by atoms with Crippen molar-refractivity contribution in [3.8, 4) is 0 Å². The summed E-state index contributed by atoms with van der Waals surface area (Å²) in [5.74, 6) is 0.0492. The number of halogens is 2. The highest BCUT2D eigenvalue weighted by atomic mass is 35.5. The molecule has 1 aliphatic rings. The quantitative estimate of drug-likeness (QED) is 0.538. The Morgan fingerprint density at radius 3 is 3.00 bits per heavy atom. The van der Waals surface area contributed by atoms with Crippen LogP contribution in [0.4, 0.5) is 4.39 Å². The molecule has 1 unspecified atom stereocenters. The number of nitrogens with one attached hydrogen (secondary N) is 3. The van der Waals surface area contributed by atoms with Crippen molar-refractivity contribution >= 4 is 52.5 Å². The van der Waals surface area contributed by atoms with Gasteiger partial charge < -0.3 is 15.3 Å². The third kappa shape index (κ3) is 3.19. The molecular formula is C17H13ClFN3OS2. The van der Waals surface area contributed by atoms with E-state index in [1.54, 1.807) is 11.8 Å². The minimum Gasteiger partial charge on any atom is -0.345 e. The maximum Gasteiger partial charge on any atom is 0.254 e. The van der Waals surface area contributed by atoms with E-state index in [2.05, 4.69) is 15.3 Å². The summed E-state index contributed by atoms with van der Waals surface area (Å²) >= 11 is 12.9. The summed E-state index contributed by atoms with van der Waals surface area (Å²) in [7, 11) is 0. The molecule has 0 radical (unpaired) electrons. The van der Waals surface area contributed by atoms with E-state index in [4.69, 9.17) is 23.8 Å². The maximum absolute atomic E-state index is 13.9. The van der Waals surface area contributed by atoms with Gasteiger partial charge in [0, 0.05) is 15.7 Å². The number of amides is 1. The van der Waals surface area contributed by atoms with Gasteiger partial charge in [-0.05, 0) is 54.5 Å². The molecular weight excluding hydrogens is 381 g/mol. The van der Waals surface area contributed by atoms with Crippen LogP contribution in [0, 0.1) is 10.6 Å². The van der Waals surface area contributed by atoms with E-state index < -0.39 is 5.82 Å². The monoisotopic (exact) mass is 393 g/mol. The van der Waals surface area contributed by atoms with Crippen molar-refractivity contribution in [2.45, 2.75) is 17.4 Å². The lowest BCUT2D eigenvalue weighted by Gasteiger charge is -2.26. The molecule has 3 aromatic rings. The van der Waals surface area contributed by atoms with E-state index in [-0.39, 0.29) is 17.5 Å². The number of carbonyl (C=O) groups excluding carboxylic acids is 1. The van der Waals surface area contributed by atoms with Crippen LogP contribution in [-0.4, -0.2) is 21.6 Å². The van der Waals surface area contributed by atoms with Gasteiger partial charge in [0.25, 0.3) is 5.91 Å². The molecule has 2 aromatic carbocycles. The second-order valence-corrected chi connectivity index (χ2v) is 7.78. The summed E-state index contributed by atoms with van der Waals surface area (Å²) in [5, 5.41) is 3.63. The third-order valence-electron chi connectivity index (χ3n) is 4.15. The lowest BCUT2D eigenvalue weighted by atomic mass is 10.0. The Labute approximate surface area is 157 Å². The molecule has 0 aliphatic carbocycles. The molecule has 4 rings (SSSR count). The smallest absolute Gasteiger partial charge is 0.254 e. The Hall–Kier alpha value is -1.83. The fourth-order valence-electron chi connectivity index (χ4n) is 3.04. The molecule has 1 aromatic heterocycles. The van der Waals surface area contributed by atoms with Crippen LogP contribution in [0.3, 0.4) is 0 Å². The van der Waals surface area contributed by atoms with Crippen LogP contribution in [0.5, 0.6) is 0 Å². The zero-order valence-electron chi connectivity index (χ0n) is 12.9. The summed E-state index contributed by atoms with van der Waals surface area (Å²) in [4.78, 5) is 19.6. The van der Waals surface area contributed by atoms with Gasteiger partial charge in [0.15, 0.2) is 4.77 Å². The van der Waals surface area contributed by atoms with E-state index in [9.17, 15) is 9.18 Å². The third-order valence-corrected chi connectivity index (χ3v) is 5.71. The Morgan fingerprint density at radius 1 is 1.32 bits per heavy atom. The number of thioether (sulfide) groups is 1. The van der Waals surface area contributed by atoms with Gasteiger partial charge in [0.05, 0.1) is 22.6 Å². The maximum atomic E-state index is 13.9. The lowest BCUT2D eigenvalue weighted by Crippen LogP contribution is -2.31. The summed E-state index contributed by atoms with van der Waals surface area (Å²) in [6.07, 6.45) is 0.783. The molecule has 128 valence electrons. The number of H-pyrrole nitrogens is 2. The average Bonchev–Trinajstić information content (AvgIpc) is 2.94. The molecule has 1 amide bonds. The molecule has 0 bridgehead atoms. The molecule has 0 saturated carbocycles. The first-order chi connectivity index (χ1) is 12.0. The van der Waals surface area contributed by atoms with Gasteiger partial charge in [-0.25, -0.2) is 4.39 Å². The van der Waals surface area contributed by atoms with Crippen LogP contribution in [0.2, 0.25) is 5.02 Å². The first kappa shape index (κ1) is 16.6. The molecule has 1 atom stereocenters. The first-order valence-electron chi connectivity index (χ1n) is 7.66. The summed E-state index contributed by atoms with van der Waals surface area (Å²) in [6, 6.07) is 8.04. The fraction of sp³-hybridized carbons (Fsp3) is 0.176. The van der Waals surface area contributed by atoms with E-state index >= 15 is 0 Å². The number of hydrogen-bond acceptors (Lipinski definition) is 3. The Bertz CT molecular complexity index is 1050. The minimum absolute atomic E-state index is 0.164. The zero-order valence-corrected chi connectivity index (χ0v) is 15.2. The Balaban J connectivity index is 1.70. The number of rotatable bonds is 2. The number of carbonyl (C=O) groups is 1. The van der Waals surface area contributed by atoms with Gasteiger partial charge in [-0.15, -0.1) is 11.8 Å². The SMILES string of the molecule is O=C(NC1CCSc2ccc(Cl)cc21)c1cc(F)cc2[nH]c(=S)[nH]c12. The predicted molar refractivity (Wildman–Crippen MR) is 100 cm³/mol. The predicted octanol–water partition coefficient (Wildman–Crippen LogP) is 4.98. The molecule has 0 fully saturated rings. The average molecular weight is 394 g/mol. The first-order valence-corrected chi connectivity index (χ1v) is 9.43. The number of hydrogen-bond donors (Lipinski definition) is 3. The van der Waals surface area contributed by atoms with Gasteiger partial charge in [0.1, 0.15) is 5.82 Å². The summed E-state index contributed by atoms with van der Waals surface area (Å²) < 4.78 is 14.2. The summed E-state index contributed by atoms with van der Waals surface area (Å²) in [6.45, 7) is 0. The lowest BCUT2D eigenvalue weighted by molar-refractivity contribution is 0.0936. The van der Waals surface area contributed by atoms with Crippen LogP contribution in [0.1, 0.15) is 28.4 Å². The molecule has 8 heteroatoms. The van der Waals surface area contributed by atoms with Crippen molar-refractivity contribution in [3.05, 3.63) is 57.1 Å². The second-order valence-electron chi connectivity index (χ2n) is 5.80. The molecule has 0 spiro atoms. The molecule has 25 heavy (non-hydrogen) atoms. The molecule has 0 saturated heterocycles. The van der Waals surface area contributed by atoms with Crippen molar-refractivity contribution in [3.63, 3.8) is 0 Å². The van der Waals surface area contributed by atoms with Gasteiger partial charge >= 0.3 is 0 Å². The largest absolute Gasteiger partial charge is 0.345 e. The van der Waals surface area contributed by atoms with Crippen molar-refractivity contribution in [1.29, 1.82) is 0 Å².